The van der Waals surface area contributed by atoms with Crippen molar-refractivity contribution < 1.29 is 9.18 Å². The second-order valence-corrected chi connectivity index (χ2v) is 3.36. The molecule has 0 aliphatic carbocycles. The second kappa shape index (κ2) is 3.62. The molecule has 1 aliphatic rings. The second-order valence-electron chi connectivity index (χ2n) is 3.36. The van der Waals surface area contributed by atoms with Gasteiger partial charge in [-0.1, -0.05) is 18.2 Å². The van der Waals surface area contributed by atoms with E-state index in [9.17, 15) is 9.18 Å². The lowest BCUT2D eigenvalue weighted by Crippen LogP contribution is -2.38. The lowest BCUT2D eigenvalue weighted by Gasteiger charge is -2.30. The zero-order valence-electron chi connectivity index (χ0n) is 7.61. The lowest BCUT2D eigenvalue weighted by molar-refractivity contribution is -0.119. The summed E-state index contributed by atoms with van der Waals surface area (Å²) >= 11 is 0. The fourth-order valence-corrected chi connectivity index (χ4v) is 1.44. The Bertz CT molecular complexity index is 361. The summed E-state index contributed by atoms with van der Waals surface area (Å²) in [6, 6.07) is 6.32. The van der Waals surface area contributed by atoms with Gasteiger partial charge in [0.15, 0.2) is 0 Å². The minimum atomic E-state index is -0.227. The van der Waals surface area contributed by atoms with Crippen molar-refractivity contribution in [1.82, 2.24) is 4.90 Å². The zero-order valence-corrected chi connectivity index (χ0v) is 7.61. The molecule has 2 rings (SSSR count). The Morgan fingerprint density at radius 1 is 1.21 bits per heavy atom. The van der Waals surface area contributed by atoms with Crippen molar-refractivity contribution >= 4 is 12.5 Å². The van der Waals surface area contributed by atoms with E-state index in [1.807, 2.05) is 6.08 Å². The summed E-state index contributed by atoms with van der Waals surface area (Å²) in [4.78, 5) is 12.0. The number of halogens is 1. The van der Waals surface area contributed by atoms with Crippen molar-refractivity contribution in [3.8, 4) is 0 Å². The molecule has 0 atom stereocenters. The average molecular weight is 191 g/mol. The van der Waals surface area contributed by atoms with Gasteiger partial charge < -0.3 is 4.90 Å². The van der Waals surface area contributed by atoms with E-state index in [1.54, 1.807) is 17.0 Å². The minimum Gasteiger partial charge on any atom is -0.337 e. The van der Waals surface area contributed by atoms with Crippen molar-refractivity contribution in [2.24, 2.45) is 0 Å². The molecule has 0 N–H and O–H groups in total. The van der Waals surface area contributed by atoms with E-state index in [-0.39, 0.29) is 5.82 Å². The smallest absolute Gasteiger partial charge is 0.210 e. The molecule has 0 unspecified atom stereocenters. The first kappa shape index (κ1) is 8.94. The van der Waals surface area contributed by atoms with Gasteiger partial charge in [-0.25, -0.2) is 4.39 Å². The van der Waals surface area contributed by atoms with Crippen molar-refractivity contribution in [1.29, 1.82) is 0 Å². The van der Waals surface area contributed by atoms with E-state index >= 15 is 0 Å². The molecule has 0 spiro atoms. The highest BCUT2D eigenvalue weighted by molar-refractivity contribution is 5.60. The molecule has 3 heteroatoms. The number of likely N-dealkylation sites (tertiary alicyclic amines) is 1. The Kier molecular flexibility index (Phi) is 2.31. The first-order valence-corrected chi connectivity index (χ1v) is 4.42. The van der Waals surface area contributed by atoms with E-state index in [4.69, 9.17) is 0 Å². The van der Waals surface area contributed by atoms with Crippen LogP contribution in [-0.2, 0) is 4.79 Å². The maximum Gasteiger partial charge on any atom is 0.210 e. The van der Waals surface area contributed by atoms with Crippen molar-refractivity contribution in [2.45, 2.75) is 0 Å². The normalized spacial score (nSPS) is 14.9. The quantitative estimate of drug-likeness (QED) is 0.651. The Labute approximate surface area is 81.6 Å². The third kappa shape index (κ3) is 1.82. The molecule has 1 aliphatic heterocycles. The highest BCUT2D eigenvalue weighted by atomic mass is 19.1. The third-order valence-electron chi connectivity index (χ3n) is 2.20. The van der Waals surface area contributed by atoms with Gasteiger partial charge in [0.2, 0.25) is 6.41 Å². The lowest BCUT2D eigenvalue weighted by atomic mass is 10.1. The summed E-state index contributed by atoms with van der Waals surface area (Å²) in [6.07, 6.45) is 2.82. The molecule has 1 aromatic rings. The average Bonchev–Trinajstić information content (AvgIpc) is 2.13. The number of hydrogen-bond acceptors (Lipinski definition) is 1. The Morgan fingerprint density at radius 3 is 2.43 bits per heavy atom. The van der Waals surface area contributed by atoms with Crippen LogP contribution in [-0.4, -0.2) is 24.4 Å². The van der Waals surface area contributed by atoms with Crippen molar-refractivity contribution in [2.75, 3.05) is 13.1 Å². The van der Waals surface area contributed by atoms with Crippen LogP contribution in [0.1, 0.15) is 5.56 Å². The predicted molar refractivity (Wildman–Crippen MR) is 52.0 cm³/mol. The van der Waals surface area contributed by atoms with Crippen LogP contribution in [0.3, 0.4) is 0 Å². The first-order valence-electron chi connectivity index (χ1n) is 4.42. The van der Waals surface area contributed by atoms with Gasteiger partial charge in [-0.2, -0.15) is 0 Å². The molecule has 1 aromatic carbocycles. The summed E-state index contributed by atoms with van der Waals surface area (Å²) in [5.41, 5.74) is 2.18. The van der Waals surface area contributed by atoms with E-state index in [2.05, 4.69) is 0 Å². The minimum absolute atomic E-state index is 0.227. The summed E-state index contributed by atoms with van der Waals surface area (Å²) in [6.45, 7) is 1.39. The molecule has 1 amide bonds. The van der Waals surface area contributed by atoms with Gasteiger partial charge in [-0.3, -0.25) is 4.79 Å². The van der Waals surface area contributed by atoms with Crippen LogP contribution < -0.4 is 0 Å². The number of amides is 1. The van der Waals surface area contributed by atoms with Crippen LogP contribution in [0.25, 0.3) is 6.08 Å². The molecule has 0 radical (unpaired) electrons. The topological polar surface area (TPSA) is 20.3 Å². The first-order chi connectivity index (χ1) is 6.78. The molecule has 0 bridgehead atoms. The maximum atomic E-state index is 12.6. The van der Waals surface area contributed by atoms with Gasteiger partial charge >= 0.3 is 0 Å². The van der Waals surface area contributed by atoms with E-state index in [1.165, 1.54) is 17.7 Å². The van der Waals surface area contributed by atoms with Gasteiger partial charge in [0, 0.05) is 13.1 Å². The molecule has 1 heterocycles. The number of nitrogens with zero attached hydrogens (tertiary/aromatic N) is 1. The summed E-state index contributed by atoms with van der Waals surface area (Å²) in [5, 5.41) is 0. The van der Waals surface area contributed by atoms with Crippen LogP contribution in [0.5, 0.6) is 0 Å². The number of benzene rings is 1. The number of carbonyl (C=O) groups excluding carboxylic acids is 1. The summed E-state index contributed by atoms with van der Waals surface area (Å²) in [5.74, 6) is -0.227. The molecule has 0 saturated carbocycles. The van der Waals surface area contributed by atoms with E-state index in [0.29, 0.717) is 13.1 Å². The standard InChI is InChI=1S/C11H10FNO/c12-11-3-1-9(2-4-11)5-10-6-13(7-10)8-14/h1-5,8H,6-7H2. The van der Waals surface area contributed by atoms with Crippen LogP contribution >= 0.6 is 0 Å². The molecule has 0 aromatic heterocycles. The summed E-state index contributed by atoms with van der Waals surface area (Å²) < 4.78 is 12.6. The Hall–Kier alpha value is -1.64. The molecule has 1 fully saturated rings. The fraction of sp³-hybridized carbons (Fsp3) is 0.182. The van der Waals surface area contributed by atoms with Gasteiger partial charge in [-0.05, 0) is 23.3 Å². The molecule has 2 nitrogen and oxygen atoms in total. The SMILES string of the molecule is O=CN1CC(=Cc2ccc(F)cc2)C1. The molecule has 72 valence electrons. The van der Waals surface area contributed by atoms with Gasteiger partial charge in [-0.15, -0.1) is 0 Å². The highest BCUT2D eigenvalue weighted by Gasteiger charge is 2.16. The van der Waals surface area contributed by atoms with Crippen LogP contribution in [0.4, 0.5) is 4.39 Å². The van der Waals surface area contributed by atoms with Crippen LogP contribution in [0, 0.1) is 5.82 Å². The van der Waals surface area contributed by atoms with E-state index in [0.717, 1.165) is 12.0 Å². The zero-order chi connectivity index (χ0) is 9.97. The maximum absolute atomic E-state index is 12.6. The number of hydrogen-bond donors (Lipinski definition) is 0. The highest BCUT2D eigenvalue weighted by Crippen LogP contribution is 2.16. The van der Waals surface area contributed by atoms with Crippen LogP contribution in [0.2, 0.25) is 0 Å². The van der Waals surface area contributed by atoms with Gasteiger partial charge in [0.1, 0.15) is 5.82 Å². The predicted octanol–water partition coefficient (Wildman–Crippen LogP) is 1.68. The molecule has 14 heavy (non-hydrogen) atoms. The number of rotatable bonds is 2. The number of carbonyl (C=O) groups is 1. The van der Waals surface area contributed by atoms with E-state index < -0.39 is 0 Å². The largest absolute Gasteiger partial charge is 0.337 e. The Morgan fingerprint density at radius 2 is 1.86 bits per heavy atom. The van der Waals surface area contributed by atoms with Crippen LogP contribution in [0.15, 0.2) is 29.8 Å². The molecule has 1 saturated heterocycles. The van der Waals surface area contributed by atoms with Crippen molar-refractivity contribution in [3.63, 3.8) is 0 Å². The fourth-order valence-electron chi connectivity index (χ4n) is 1.44. The van der Waals surface area contributed by atoms with Gasteiger partial charge in [0.25, 0.3) is 0 Å². The monoisotopic (exact) mass is 191 g/mol. The Balaban J connectivity index is 2.05. The molecular weight excluding hydrogens is 181 g/mol. The van der Waals surface area contributed by atoms with Gasteiger partial charge in [0.05, 0.1) is 0 Å². The van der Waals surface area contributed by atoms with Crippen molar-refractivity contribution in [3.05, 3.63) is 41.2 Å². The third-order valence-corrected chi connectivity index (χ3v) is 2.20. The summed E-state index contributed by atoms with van der Waals surface area (Å²) in [7, 11) is 0. The molecular formula is C11H10FNO.